The van der Waals surface area contributed by atoms with Gasteiger partial charge in [0.15, 0.2) is 5.13 Å². The lowest BCUT2D eigenvalue weighted by molar-refractivity contribution is -0.115. The number of rotatable bonds is 8. The van der Waals surface area contributed by atoms with Gasteiger partial charge >= 0.3 is 5.97 Å². The van der Waals surface area contributed by atoms with Crippen molar-refractivity contribution in [3.8, 4) is 17.0 Å². The van der Waals surface area contributed by atoms with Crippen LogP contribution < -0.4 is 10.1 Å². The molecule has 3 aromatic rings. The van der Waals surface area contributed by atoms with E-state index in [9.17, 15) is 9.59 Å². The second kappa shape index (κ2) is 9.84. The maximum absolute atomic E-state index is 12.5. The van der Waals surface area contributed by atoms with Crippen LogP contribution in [0.5, 0.6) is 5.75 Å². The van der Waals surface area contributed by atoms with E-state index in [1.54, 1.807) is 6.92 Å². The first-order chi connectivity index (χ1) is 14.1. The summed E-state index contributed by atoms with van der Waals surface area (Å²) in [5.41, 5.74) is 2.15. The third kappa shape index (κ3) is 5.42. The van der Waals surface area contributed by atoms with Crippen LogP contribution in [0.15, 0.2) is 54.6 Å². The summed E-state index contributed by atoms with van der Waals surface area (Å²) in [5.74, 6) is 0.108. The molecule has 0 spiro atoms. The number of carbonyl (C=O) groups excluding carboxylic acids is 2. The molecule has 2 aromatic carbocycles. The van der Waals surface area contributed by atoms with Crippen LogP contribution in [-0.4, -0.2) is 30.1 Å². The minimum absolute atomic E-state index is 0.196. The molecule has 150 valence electrons. The van der Waals surface area contributed by atoms with Gasteiger partial charge in [0.25, 0.3) is 0 Å². The summed E-state index contributed by atoms with van der Waals surface area (Å²) in [5, 5.41) is 3.15. The summed E-state index contributed by atoms with van der Waals surface area (Å²) in [7, 11) is 0. The number of benzene rings is 2. The third-order valence-corrected chi connectivity index (χ3v) is 4.93. The fourth-order valence-corrected chi connectivity index (χ4v) is 3.62. The predicted octanol–water partition coefficient (Wildman–Crippen LogP) is 4.57. The Labute approximate surface area is 173 Å². The van der Waals surface area contributed by atoms with E-state index in [0.29, 0.717) is 22.3 Å². The van der Waals surface area contributed by atoms with Crippen LogP contribution >= 0.6 is 11.3 Å². The number of hydrogen-bond donors (Lipinski definition) is 1. The molecule has 0 aliphatic heterocycles. The molecule has 1 aromatic heterocycles. The standard InChI is InChI=1S/C22H22N2O4S/c1-3-27-17-12-10-15(11-13-17)14-18(25)23-22-24-19(16-8-6-5-7-9-16)20(29-22)21(26)28-4-2/h5-13H,3-4,14H2,1-2H3,(H,23,24,25). The smallest absolute Gasteiger partial charge is 0.350 e. The fraction of sp³-hybridized carbons (Fsp3) is 0.227. The molecule has 29 heavy (non-hydrogen) atoms. The highest BCUT2D eigenvalue weighted by atomic mass is 32.1. The highest BCUT2D eigenvalue weighted by Gasteiger charge is 2.21. The van der Waals surface area contributed by atoms with Gasteiger partial charge in [0.05, 0.1) is 25.3 Å². The first kappa shape index (κ1) is 20.5. The van der Waals surface area contributed by atoms with Crippen LogP contribution in [0.25, 0.3) is 11.3 Å². The number of amides is 1. The number of anilines is 1. The molecule has 0 bridgehead atoms. The number of ether oxygens (including phenoxy) is 2. The van der Waals surface area contributed by atoms with Crippen LogP contribution in [0.3, 0.4) is 0 Å². The second-order valence-corrected chi connectivity index (χ2v) is 7.08. The van der Waals surface area contributed by atoms with E-state index < -0.39 is 5.97 Å². The van der Waals surface area contributed by atoms with E-state index in [4.69, 9.17) is 9.47 Å². The third-order valence-electron chi connectivity index (χ3n) is 3.98. The zero-order chi connectivity index (χ0) is 20.6. The molecule has 1 N–H and O–H groups in total. The maximum Gasteiger partial charge on any atom is 0.350 e. The Balaban J connectivity index is 1.76. The van der Waals surface area contributed by atoms with Crippen molar-refractivity contribution < 1.29 is 19.1 Å². The van der Waals surface area contributed by atoms with Crippen molar-refractivity contribution in [2.45, 2.75) is 20.3 Å². The number of thiazole rings is 1. The van der Waals surface area contributed by atoms with E-state index in [0.717, 1.165) is 28.2 Å². The number of hydrogen-bond acceptors (Lipinski definition) is 6. The summed E-state index contributed by atoms with van der Waals surface area (Å²) in [4.78, 5) is 29.6. The monoisotopic (exact) mass is 410 g/mol. The molecule has 0 aliphatic carbocycles. The molecule has 1 amide bonds. The molecule has 6 nitrogen and oxygen atoms in total. The minimum atomic E-state index is -0.448. The predicted molar refractivity (Wildman–Crippen MR) is 113 cm³/mol. The quantitative estimate of drug-likeness (QED) is 0.551. The Kier molecular flexibility index (Phi) is 6.97. The Hall–Kier alpha value is -3.19. The number of nitrogens with one attached hydrogen (secondary N) is 1. The van der Waals surface area contributed by atoms with Gasteiger partial charge in [0.2, 0.25) is 5.91 Å². The van der Waals surface area contributed by atoms with Crippen molar-refractivity contribution in [2.24, 2.45) is 0 Å². The van der Waals surface area contributed by atoms with Gasteiger partial charge in [-0.05, 0) is 31.5 Å². The Morgan fingerprint density at radius 1 is 1.00 bits per heavy atom. The van der Waals surface area contributed by atoms with Gasteiger partial charge in [0.1, 0.15) is 10.6 Å². The zero-order valence-electron chi connectivity index (χ0n) is 16.3. The van der Waals surface area contributed by atoms with E-state index in [-0.39, 0.29) is 18.9 Å². The van der Waals surface area contributed by atoms with Crippen LogP contribution in [0.1, 0.15) is 29.1 Å². The van der Waals surface area contributed by atoms with Gasteiger partial charge < -0.3 is 14.8 Å². The van der Waals surface area contributed by atoms with E-state index in [2.05, 4.69) is 10.3 Å². The van der Waals surface area contributed by atoms with Crippen molar-refractivity contribution in [2.75, 3.05) is 18.5 Å². The largest absolute Gasteiger partial charge is 0.494 e. The molecular weight excluding hydrogens is 388 g/mol. The molecule has 7 heteroatoms. The van der Waals surface area contributed by atoms with Crippen molar-refractivity contribution in [1.82, 2.24) is 4.98 Å². The van der Waals surface area contributed by atoms with Gasteiger partial charge in [-0.1, -0.05) is 53.8 Å². The summed E-state index contributed by atoms with van der Waals surface area (Å²) in [6.07, 6.45) is 0.196. The Morgan fingerprint density at radius 2 is 1.72 bits per heavy atom. The summed E-state index contributed by atoms with van der Waals surface area (Å²) in [6, 6.07) is 16.7. The number of nitrogens with zero attached hydrogens (tertiary/aromatic N) is 1. The normalized spacial score (nSPS) is 10.4. The Morgan fingerprint density at radius 3 is 2.38 bits per heavy atom. The van der Waals surface area contributed by atoms with E-state index in [1.165, 1.54) is 0 Å². The lowest BCUT2D eigenvalue weighted by atomic mass is 10.1. The SMILES string of the molecule is CCOC(=O)c1sc(NC(=O)Cc2ccc(OCC)cc2)nc1-c1ccccc1. The average molecular weight is 410 g/mol. The summed E-state index contributed by atoms with van der Waals surface area (Å²) >= 11 is 1.11. The molecule has 0 unspecified atom stereocenters. The number of esters is 1. The molecule has 0 radical (unpaired) electrons. The molecule has 0 saturated carbocycles. The molecule has 0 saturated heterocycles. The van der Waals surface area contributed by atoms with Gasteiger partial charge in [-0.25, -0.2) is 9.78 Å². The second-order valence-electron chi connectivity index (χ2n) is 6.09. The molecule has 0 aliphatic rings. The zero-order valence-corrected chi connectivity index (χ0v) is 17.1. The van der Waals surface area contributed by atoms with Gasteiger partial charge in [-0.15, -0.1) is 0 Å². The lowest BCUT2D eigenvalue weighted by Crippen LogP contribution is -2.14. The topological polar surface area (TPSA) is 77.5 Å². The summed E-state index contributed by atoms with van der Waals surface area (Å²) < 4.78 is 10.6. The minimum Gasteiger partial charge on any atom is -0.494 e. The number of aromatic nitrogens is 1. The van der Waals surface area contributed by atoms with Gasteiger partial charge in [-0.3, -0.25) is 4.79 Å². The Bertz CT molecular complexity index is 968. The van der Waals surface area contributed by atoms with Gasteiger partial charge in [-0.2, -0.15) is 0 Å². The van der Waals surface area contributed by atoms with Crippen LogP contribution in [0.4, 0.5) is 5.13 Å². The highest BCUT2D eigenvalue weighted by molar-refractivity contribution is 7.18. The van der Waals surface area contributed by atoms with Crippen LogP contribution in [0, 0.1) is 0 Å². The molecule has 0 fully saturated rings. The van der Waals surface area contributed by atoms with Crippen LogP contribution in [-0.2, 0) is 16.0 Å². The first-order valence-electron chi connectivity index (χ1n) is 9.35. The van der Waals surface area contributed by atoms with Crippen molar-refractivity contribution in [3.63, 3.8) is 0 Å². The molecule has 3 rings (SSSR count). The van der Waals surface area contributed by atoms with Crippen molar-refractivity contribution in [1.29, 1.82) is 0 Å². The van der Waals surface area contributed by atoms with Crippen LogP contribution in [0.2, 0.25) is 0 Å². The molecule has 1 heterocycles. The highest BCUT2D eigenvalue weighted by Crippen LogP contribution is 2.32. The fourth-order valence-electron chi connectivity index (χ4n) is 2.72. The molecular formula is C22H22N2O4S. The van der Waals surface area contributed by atoms with E-state index >= 15 is 0 Å². The average Bonchev–Trinajstić information content (AvgIpc) is 3.14. The lowest BCUT2D eigenvalue weighted by Gasteiger charge is -2.05. The maximum atomic E-state index is 12.5. The van der Waals surface area contributed by atoms with Crippen molar-refractivity contribution in [3.05, 3.63) is 65.0 Å². The van der Waals surface area contributed by atoms with E-state index in [1.807, 2.05) is 61.5 Å². The molecule has 0 atom stereocenters. The first-order valence-corrected chi connectivity index (χ1v) is 10.2. The van der Waals surface area contributed by atoms with Gasteiger partial charge in [0, 0.05) is 5.56 Å². The van der Waals surface area contributed by atoms with Crippen molar-refractivity contribution >= 4 is 28.3 Å². The number of carbonyl (C=O) groups is 2. The summed E-state index contributed by atoms with van der Waals surface area (Å²) in [6.45, 7) is 4.53.